The van der Waals surface area contributed by atoms with E-state index >= 15 is 0 Å². The lowest BCUT2D eigenvalue weighted by Gasteiger charge is -2.29. The Balaban J connectivity index is 2.18. The van der Waals surface area contributed by atoms with Gasteiger partial charge in [0.05, 0.1) is 25.3 Å². The van der Waals surface area contributed by atoms with Crippen LogP contribution in [0.25, 0.3) is 0 Å². The minimum Gasteiger partial charge on any atom is -0.494 e. The van der Waals surface area contributed by atoms with E-state index in [9.17, 15) is 4.79 Å². The van der Waals surface area contributed by atoms with E-state index in [1.54, 1.807) is 0 Å². The number of rotatable bonds is 6. The highest BCUT2D eigenvalue weighted by Crippen LogP contribution is 2.28. The van der Waals surface area contributed by atoms with Crippen LogP contribution >= 0.6 is 12.2 Å². The van der Waals surface area contributed by atoms with Gasteiger partial charge in [-0.15, -0.1) is 0 Å². The Labute approximate surface area is 148 Å². The molecular formula is C18H24N2O3S. The highest BCUT2D eigenvalue weighted by molar-refractivity contribution is 7.80. The molecule has 1 aliphatic rings. The predicted molar refractivity (Wildman–Crippen MR) is 97.7 cm³/mol. The van der Waals surface area contributed by atoms with Crippen molar-refractivity contribution >= 4 is 23.3 Å². The van der Waals surface area contributed by atoms with Gasteiger partial charge >= 0.3 is 5.97 Å². The van der Waals surface area contributed by atoms with Crippen LogP contribution in [0.3, 0.4) is 0 Å². The monoisotopic (exact) mass is 348 g/mol. The molecule has 1 aromatic carbocycles. The molecule has 0 saturated carbocycles. The topological polar surface area (TPSA) is 59.6 Å². The Morgan fingerprint density at radius 3 is 2.54 bits per heavy atom. The lowest BCUT2D eigenvalue weighted by molar-refractivity contribution is -0.136. The largest absolute Gasteiger partial charge is 0.494 e. The molecule has 0 fully saturated rings. The number of benzene rings is 1. The zero-order valence-electron chi connectivity index (χ0n) is 14.5. The molecule has 6 heteroatoms. The predicted octanol–water partition coefficient (Wildman–Crippen LogP) is 3.08. The fraction of sp³-hybridized carbons (Fsp3) is 0.444. The number of methoxy groups -OCH3 is 1. The van der Waals surface area contributed by atoms with Gasteiger partial charge in [-0.3, -0.25) is 0 Å². The maximum absolute atomic E-state index is 12.1. The Hall–Kier alpha value is -2.08. The molecule has 0 bridgehead atoms. The van der Waals surface area contributed by atoms with E-state index < -0.39 is 0 Å². The number of hydrogen-bond acceptors (Lipinski definition) is 4. The molecule has 0 aromatic heterocycles. The van der Waals surface area contributed by atoms with Crippen molar-refractivity contribution in [2.75, 3.05) is 13.7 Å². The van der Waals surface area contributed by atoms with E-state index in [0.29, 0.717) is 28.9 Å². The average Bonchev–Trinajstić information content (AvgIpc) is 2.54. The summed E-state index contributed by atoms with van der Waals surface area (Å²) in [5.74, 6) is 1.05. The fourth-order valence-electron chi connectivity index (χ4n) is 2.49. The smallest absolute Gasteiger partial charge is 0.337 e. The minimum atomic E-state index is -0.378. The quantitative estimate of drug-likeness (QED) is 0.609. The van der Waals surface area contributed by atoms with Crippen LogP contribution in [0, 0.1) is 5.92 Å². The van der Waals surface area contributed by atoms with Crippen molar-refractivity contribution < 1.29 is 14.3 Å². The van der Waals surface area contributed by atoms with E-state index in [2.05, 4.69) is 24.5 Å². The van der Waals surface area contributed by atoms with Crippen LogP contribution in [0.2, 0.25) is 0 Å². The highest BCUT2D eigenvalue weighted by Gasteiger charge is 2.30. The minimum absolute atomic E-state index is 0.337. The first-order valence-corrected chi connectivity index (χ1v) is 8.42. The zero-order chi connectivity index (χ0) is 17.7. The molecule has 1 aliphatic heterocycles. The molecule has 0 amide bonds. The van der Waals surface area contributed by atoms with Gasteiger partial charge in [0.2, 0.25) is 0 Å². The lowest BCUT2D eigenvalue weighted by Crippen LogP contribution is -2.45. The molecule has 1 heterocycles. The van der Waals surface area contributed by atoms with Crippen LogP contribution in [0.15, 0.2) is 35.5 Å². The number of allylic oxidation sites excluding steroid dienone is 1. The Morgan fingerprint density at radius 2 is 1.96 bits per heavy atom. The van der Waals surface area contributed by atoms with Gasteiger partial charge in [-0.05, 0) is 49.2 Å². The van der Waals surface area contributed by atoms with Gasteiger partial charge in [-0.2, -0.15) is 0 Å². The first-order chi connectivity index (χ1) is 11.4. The summed E-state index contributed by atoms with van der Waals surface area (Å²) in [6, 6.07) is 7.36. The summed E-state index contributed by atoms with van der Waals surface area (Å²) in [6.45, 7) is 6.84. The number of hydrogen-bond donors (Lipinski definition) is 2. The normalized spacial score (nSPS) is 17.4. The molecule has 0 radical (unpaired) electrons. The second kappa shape index (κ2) is 8.15. The van der Waals surface area contributed by atoms with Crippen molar-refractivity contribution in [3.63, 3.8) is 0 Å². The molecule has 24 heavy (non-hydrogen) atoms. The Bertz CT molecular complexity index is 638. The van der Waals surface area contributed by atoms with Crippen molar-refractivity contribution in [3.05, 3.63) is 41.1 Å². The maximum atomic E-state index is 12.1. The number of carbonyl (C=O) groups is 1. The zero-order valence-corrected chi connectivity index (χ0v) is 15.3. The number of ether oxygens (including phenoxy) is 2. The third-order valence-electron chi connectivity index (χ3n) is 3.85. The number of nitrogens with one attached hydrogen (secondary N) is 2. The van der Waals surface area contributed by atoms with Crippen LogP contribution in [-0.4, -0.2) is 24.8 Å². The van der Waals surface area contributed by atoms with Crippen molar-refractivity contribution in [1.82, 2.24) is 10.6 Å². The highest BCUT2D eigenvalue weighted by atomic mass is 32.1. The van der Waals surface area contributed by atoms with Gasteiger partial charge in [0.25, 0.3) is 0 Å². The summed E-state index contributed by atoms with van der Waals surface area (Å²) in [7, 11) is 1.37. The molecule has 2 rings (SSSR count). The molecule has 0 unspecified atom stereocenters. The molecule has 0 aliphatic carbocycles. The molecule has 0 spiro atoms. The number of esters is 1. The van der Waals surface area contributed by atoms with Crippen LogP contribution in [0.4, 0.5) is 0 Å². The fourth-order valence-corrected chi connectivity index (χ4v) is 2.76. The number of thiocarbonyl (C=S) groups is 1. The van der Waals surface area contributed by atoms with Gasteiger partial charge in [-0.1, -0.05) is 26.0 Å². The molecule has 0 saturated heterocycles. The van der Waals surface area contributed by atoms with Crippen molar-refractivity contribution in [3.8, 4) is 5.75 Å². The van der Waals surface area contributed by atoms with Gasteiger partial charge < -0.3 is 20.1 Å². The maximum Gasteiger partial charge on any atom is 0.337 e. The van der Waals surface area contributed by atoms with Crippen LogP contribution < -0.4 is 15.4 Å². The van der Waals surface area contributed by atoms with Gasteiger partial charge in [0, 0.05) is 5.70 Å². The standard InChI is InChI=1S/C18H24N2O3S/c1-11(2)9-10-23-14-7-5-13(6-8-14)16-15(17(21)22-4)12(3)19-18(24)20-16/h5-8,11,16H,9-10H2,1-4H3,(H2,19,20,24)/t16-/m1/s1. The van der Waals surface area contributed by atoms with Crippen molar-refractivity contribution in [2.45, 2.75) is 33.2 Å². The first kappa shape index (κ1) is 18.3. The summed E-state index contributed by atoms with van der Waals surface area (Å²) in [6.07, 6.45) is 1.01. The van der Waals surface area contributed by atoms with Crippen LogP contribution in [0.1, 0.15) is 38.8 Å². The summed E-state index contributed by atoms with van der Waals surface area (Å²) in [5, 5.41) is 6.58. The van der Waals surface area contributed by atoms with Gasteiger partial charge in [0.1, 0.15) is 5.75 Å². The third-order valence-corrected chi connectivity index (χ3v) is 4.07. The second-order valence-corrected chi connectivity index (χ2v) is 6.57. The number of carbonyl (C=O) groups excluding carboxylic acids is 1. The van der Waals surface area contributed by atoms with Crippen molar-refractivity contribution in [1.29, 1.82) is 0 Å². The van der Waals surface area contributed by atoms with E-state index in [-0.39, 0.29) is 12.0 Å². The van der Waals surface area contributed by atoms with E-state index in [1.165, 1.54) is 7.11 Å². The SMILES string of the molecule is COC(=O)C1=C(C)NC(=S)N[C@@H]1c1ccc(OCCC(C)C)cc1. The first-order valence-electron chi connectivity index (χ1n) is 8.01. The molecule has 2 N–H and O–H groups in total. The van der Waals surface area contributed by atoms with Crippen LogP contribution in [0.5, 0.6) is 5.75 Å². The molecule has 130 valence electrons. The summed E-state index contributed by atoms with van der Waals surface area (Å²) in [4.78, 5) is 12.1. The third kappa shape index (κ3) is 4.47. The van der Waals surface area contributed by atoms with Crippen LogP contribution in [-0.2, 0) is 9.53 Å². The molecule has 1 atom stereocenters. The van der Waals surface area contributed by atoms with E-state index in [1.807, 2.05) is 31.2 Å². The second-order valence-electron chi connectivity index (χ2n) is 6.16. The molecular weight excluding hydrogens is 324 g/mol. The Morgan fingerprint density at radius 1 is 1.29 bits per heavy atom. The van der Waals surface area contributed by atoms with E-state index in [4.69, 9.17) is 21.7 Å². The van der Waals surface area contributed by atoms with Gasteiger partial charge in [0.15, 0.2) is 5.11 Å². The molecule has 1 aromatic rings. The van der Waals surface area contributed by atoms with Crippen molar-refractivity contribution in [2.24, 2.45) is 5.92 Å². The lowest BCUT2D eigenvalue weighted by atomic mass is 9.95. The van der Waals surface area contributed by atoms with E-state index in [0.717, 1.165) is 17.7 Å². The average molecular weight is 348 g/mol. The summed E-state index contributed by atoms with van der Waals surface area (Å²) >= 11 is 5.21. The summed E-state index contributed by atoms with van der Waals surface area (Å²) < 4.78 is 10.6. The summed E-state index contributed by atoms with van der Waals surface area (Å²) in [5.41, 5.74) is 2.15. The Kier molecular flexibility index (Phi) is 6.20. The van der Waals surface area contributed by atoms with Gasteiger partial charge in [-0.25, -0.2) is 4.79 Å². The molecule has 5 nitrogen and oxygen atoms in total.